The van der Waals surface area contributed by atoms with Gasteiger partial charge in [0, 0.05) is 12.6 Å². The molecule has 0 atom stereocenters. The van der Waals surface area contributed by atoms with Crippen molar-refractivity contribution in [3.63, 3.8) is 0 Å². The minimum absolute atomic E-state index is 0.0314. The Bertz CT molecular complexity index is 928. The monoisotopic (exact) mass is 380 g/mol. The lowest BCUT2D eigenvalue weighted by molar-refractivity contribution is -0.133. The smallest absolute Gasteiger partial charge is 0.291 e. The van der Waals surface area contributed by atoms with E-state index >= 15 is 0 Å². The summed E-state index contributed by atoms with van der Waals surface area (Å²) in [4.78, 5) is 29.9. The van der Waals surface area contributed by atoms with Crippen molar-refractivity contribution in [3.8, 4) is 11.6 Å². The summed E-state index contributed by atoms with van der Waals surface area (Å²) in [6.07, 6.45) is 1.12. The van der Waals surface area contributed by atoms with Crippen LogP contribution in [0.25, 0.3) is 0 Å². The van der Waals surface area contributed by atoms with Crippen LogP contribution in [0.4, 0.5) is 11.5 Å². The van der Waals surface area contributed by atoms with E-state index in [2.05, 4.69) is 20.0 Å². The lowest BCUT2D eigenvalue weighted by Gasteiger charge is -2.12. The second kappa shape index (κ2) is 7.78. The predicted molar refractivity (Wildman–Crippen MR) is 91.7 cm³/mol. The van der Waals surface area contributed by atoms with Crippen LogP contribution in [0.2, 0.25) is 0 Å². The van der Waals surface area contributed by atoms with Gasteiger partial charge in [-0.05, 0) is 24.3 Å². The van der Waals surface area contributed by atoms with E-state index in [1.165, 1.54) is 38.5 Å². The fraction of sp³-hybridized carbons (Fsp3) is 0.200. The van der Waals surface area contributed by atoms with Crippen LogP contribution in [0, 0.1) is 0 Å². The zero-order chi connectivity index (χ0) is 19.3. The number of hydrogen-bond acceptors (Lipinski definition) is 8. The Morgan fingerprint density at radius 1 is 1.04 bits per heavy atom. The van der Waals surface area contributed by atoms with Gasteiger partial charge in [-0.25, -0.2) is 13.4 Å². The Morgan fingerprint density at radius 2 is 1.69 bits per heavy atom. The minimum Gasteiger partial charge on any atom is -0.489 e. The summed E-state index contributed by atoms with van der Waals surface area (Å²) in [6.45, 7) is 1.13. The summed E-state index contributed by atoms with van der Waals surface area (Å²) < 4.78 is 37.4. The third-order valence-corrected chi connectivity index (χ3v) is 4.50. The number of methoxy groups -OCH3 is 2. The van der Waals surface area contributed by atoms with E-state index in [9.17, 15) is 18.0 Å². The number of ether oxygens (including phenoxy) is 2. The van der Waals surface area contributed by atoms with Crippen molar-refractivity contribution in [2.75, 3.05) is 24.3 Å². The van der Waals surface area contributed by atoms with Gasteiger partial charge in [-0.15, -0.1) is 0 Å². The maximum absolute atomic E-state index is 12.5. The summed E-state index contributed by atoms with van der Waals surface area (Å²) in [6, 6.07) is 5.24. The maximum Gasteiger partial charge on any atom is 0.291 e. The van der Waals surface area contributed by atoms with E-state index in [0.717, 1.165) is 13.3 Å². The van der Waals surface area contributed by atoms with Gasteiger partial charge in [0.25, 0.3) is 21.8 Å². The van der Waals surface area contributed by atoms with Crippen LogP contribution in [0.1, 0.15) is 6.92 Å². The first-order valence-corrected chi connectivity index (χ1v) is 8.64. The van der Waals surface area contributed by atoms with Gasteiger partial charge < -0.3 is 14.8 Å². The maximum atomic E-state index is 12.5. The van der Waals surface area contributed by atoms with Crippen LogP contribution in [0.3, 0.4) is 0 Å². The number of anilines is 2. The number of Topliss-reactive ketones (excluding diaryl/α,β-unsaturated/α-hetero) is 1. The second-order valence-corrected chi connectivity index (χ2v) is 6.59. The van der Waals surface area contributed by atoms with Crippen LogP contribution in [0.5, 0.6) is 11.6 Å². The van der Waals surface area contributed by atoms with Gasteiger partial charge in [0.15, 0.2) is 5.82 Å². The first-order valence-electron chi connectivity index (χ1n) is 7.16. The van der Waals surface area contributed by atoms with Crippen molar-refractivity contribution < 1.29 is 27.5 Å². The van der Waals surface area contributed by atoms with Crippen LogP contribution in [-0.4, -0.2) is 44.3 Å². The van der Waals surface area contributed by atoms with Crippen molar-refractivity contribution in [2.45, 2.75) is 11.8 Å². The van der Waals surface area contributed by atoms with Crippen LogP contribution in [0.15, 0.2) is 35.5 Å². The molecule has 138 valence electrons. The third kappa shape index (κ3) is 4.25. The summed E-state index contributed by atoms with van der Waals surface area (Å²) in [5.41, 5.74) is 0.283. The average Bonchev–Trinajstić information content (AvgIpc) is 2.61. The highest BCUT2D eigenvalue weighted by Gasteiger charge is 2.20. The highest BCUT2D eigenvalue weighted by Crippen LogP contribution is 2.32. The Balaban J connectivity index is 2.26. The summed E-state index contributed by atoms with van der Waals surface area (Å²) in [5, 5.41) is 2.34. The number of hydrogen-bond donors (Lipinski definition) is 2. The normalized spacial score (nSPS) is 10.7. The standard InChI is InChI=1S/C15H16N4O6S/c1-9(20)14(21)18-10-4-6-11(7-5-10)26(22,23)19-13-12(24-2)15(25-3)17-8-16-13/h4-8H,1-3H3,(H,18,21)(H,16,17,19). The number of carbonyl (C=O) groups excluding carboxylic acids is 2. The Hall–Kier alpha value is -3.21. The van der Waals surface area contributed by atoms with E-state index in [1.54, 1.807) is 0 Å². The molecule has 10 nitrogen and oxygen atoms in total. The highest BCUT2D eigenvalue weighted by atomic mass is 32.2. The topological polar surface area (TPSA) is 137 Å². The highest BCUT2D eigenvalue weighted by molar-refractivity contribution is 7.92. The van der Waals surface area contributed by atoms with Crippen molar-refractivity contribution in [1.82, 2.24) is 9.97 Å². The molecule has 2 rings (SSSR count). The number of amides is 1. The number of benzene rings is 1. The molecule has 0 bridgehead atoms. The molecule has 0 saturated carbocycles. The fourth-order valence-electron chi connectivity index (χ4n) is 1.88. The molecule has 0 saturated heterocycles. The number of sulfonamides is 1. The molecule has 0 spiro atoms. The van der Waals surface area contributed by atoms with Crippen molar-refractivity contribution >= 4 is 33.2 Å². The number of nitrogens with zero attached hydrogens (tertiary/aromatic N) is 2. The predicted octanol–water partition coefficient (Wildman–Crippen LogP) is 0.822. The third-order valence-electron chi connectivity index (χ3n) is 3.14. The number of ketones is 1. The first kappa shape index (κ1) is 19.1. The lowest BCUT2D eigenvalue weighted by Crippen LogP contribution is -2.19. The number of carbonyl (C=O) groups is 2. The molecule has 1 aromatic carbocycles. The van der Waals surface area contributed by atoms with Gasteiger partial charge in [0.1, 0.15) is 6.33 Å². The van der Waals surface area contributed by atoms with E-state index in [-0.39, 0.29) is 28.0 Å². The molecule has 0 unspecified atom stereocenters. The van der Waals surface area contributed by atoms with Gasteiger partial charge in [-0.1, -0.05) is 0 Å². The van der Waals surface area contributed by atoms with E-state index in [1.807, 2.05) is 0 Å². The lowest BCUT2D eigenvalue weighted by atomic mass is 10.3. The summed E-state index contributed by atoms with van der Waals surface area (Å²) >= 11 is 0. The average molecular weight is 380 g/mol. The zero-order valence-electron chi connectivity index (χ0n) is 14.1. The molecule has 1 amide bonds. The molecule has 11 heteroatoms. The summed E-state index contributed by atoms with van der Waals surface area (Å²) in [5.74, 6) is -1.44. The van der Waals surface area contributed by atoms with Crippen LogP contribution >= 0.6 is 0 Å². The molecule has 0 aliphatic carbocycles. The van der Waals surface area contributed by atoms with Crippen LogP contribution in [-0.2, 0) is 19.6 Å². The molecule has 2 aromatic rings. The molecule has 0 aliphatic heterocycles. The number of nitrogens with one attached hydrogen (secondary N) is 2. The molecule has 0 aliphatic rings. The van der Waals surface area contributed by atoms with Gasteiger partial charge in [0.05, 0.1) is 19.1 Å². The van der Waals surface area contributed by atoms with Gasteiger partial charge in [0.2, 0.25) is 11.5 Å². The SMILES string of the molecule is COc1ncnc(NS(=O)(=O)c2ccc(NC(=O)C(C)=O)cc2)c1OC. The molecular formula is C15H16N4O6S. The van der Waals surface area contributed by atoms with Crippen molar-refractivity contribution in [2.24, 2.45) is 0 Å². The summed E-state index contributed by atoms with van der Waals surface area (Å²) in [7, 11) is -1.30. The molecule has 0 radical (unpaired) electrons. The first-order chi connectivity index (χ1) is 12.3. The van der Waals surface area contributed by atoms with Crippen LogP contribution < -0.4 is 19.5 Å². The number of aromatic nitrogens is 2. The minimum atomic E-state index is -3.99. The van der Waals surface area contributed by atoms with E-state index < -0.39 is 21.7 Å². The fourth-order valence-corrected chi connectivity index (χ4v) is 2.89. The van der Waals surface area contributed by atoms with E-state index in [4.69, 9.17) is 9.47 Å². The molecule has 26 heavy (non-hydrogen) atoms. The second-order valence-electron chi connectivity index (χ2n) is 4.90. The van der Waals surface area contributed by atoms with E-state index in [0.29, 0.717) is 0 Å². The van der Waals surface area contributed by atoms with Gasteiger partial charge in [-0.2, -0.15) is 4.98 Å². The molecule has 0 fully saturated rings. The van der Waals surface area contributed by atoms with Gasteiger partial charge >= 0.3 is 0 Å². The Morgan fingerprint density at radius 3 is 2.23 bits per heavy atom. The van der Waals surface area contributed by atoms with Gasteiger partial charge in [-0.3, -0.25) is 14.3 Å². The zero-order valence-corrected chi connectivity index (χ0v) is 15.0. The Kier molecular flexibility index (Phi) is 5.72. The van der Waals surface area contributed by atoms with Crippen molar-refractivity contribution in [3.05, 3.63) is 30.6 Å². The van der Waals surface area contributed by atoms with Crippen molar-refractivity contribution in [1.29, 1.82) is 0 Å². The molecule has 1 heterocycles. The largest absolute Gasteiger partial charge is 0.489 e. The quantitative estimate of drug-likeness (QED) is 0.674. The molecular weight excluding hydrogens is 364 g/mol. The molecule has 1 aromatic heterocycles. The molecule has 2 N–H and O–H groups in total. The number of rotatable bonds is 7. The Labute approximate surface area is 149 Å².